The average Bonchev–Trinajstić information content (AvgIpc) is 2.86. The highest BCUT2D eigenvalue weighted by Gasteiger charge is 2.04. The fourth-order valence-corrected chi connectivity index (χ4v) is 2.13. The molecule has 0 spiro atoms. The summed E-state index contributed by atoms with van der Waals surface area (Å²) in [5.74, 6) is 0.993. The first-order chi connectivity index (χ1) is 8.78. The molecule has 0 unspecified atom stereocenters. The lowest BCUT2D eigenvalue weighted by Crippen LogP contribution is -2.09. The van der Waals surface area contributed by atoms with Gasteiger partial charge in [0.15, 0.2) is 0 Å². The number of anilines is 2. The summed E-state index contributed by atoms with van der Waals surface area (Å²) in [6, 6.07) is 4.06. The summed E-state index contributed by atoms with van der Waals surface area (Å²) in [6.45, 7) is 3.57. The molecule has 96 valence electrons. The maximum atomic E-state index is 5.85. The minimum Gasteiger partial charge on any atom is -0.354 e. The van der Waals surface area contributed by atoms with Crippen molar-refractivity contribution in [2.75, 3.05) is 17.2 Å². The van der Waals surface area contributed by atoms with Gasteiger partial charge in [-0.2, -0.15) is 15.0 Å². The molecule has 0 aromatic carbocycles. The molecule has 2 aromatic heterocycles. The minimum absolute atomic E-state index is 0.192. The number of thiophene rings is 1. The molecular formula is C11H14ClN5S. The van der Waals surface area contributed by atoms with Crippen molar-refractivity contribution < 1.29 is 0 Å². The molecule has 5 nitrogen and oxygen atoms in total. The standard InChI is InChI=1S/C11H14ClN5S/c1-2-5-13-10-15-9(12)16-11(17-10)14-7-8-4-3-6-18-8/h3-4,6H,2,5,7H2,1H3,(H2,13,14,15,16,17). The second-order valence-corrected chi connectivity index (χ2v) is 4.98. The fraction of sp³-hybridized carbons (Fsp3) is 0.364. The van der Waals surface area contributed by atoms with E-state index in [0.29, 0.717) is 18.4 Å². The van der Waals surface area contributed by atoms with Gasteiger partial charge >= 0.3 is 0 Å². The van der Waals surface area contributed by atoms with Crippen molar-refractivity contribution in [2.45, 2.75) is 19.9 Å². The summed E-state index contributed by atoms with van der Waals surface area (Å²) >= 11 is 7.53. The predicted octanol–water partition coefficient (Wildman–Crippen LogP) is 3.02. The van der Waals surface area contributed by atoms with Gasteiger partial charge in [-0.3, -0.25) is 0 Å². The maximum Gasteiger partial charge on any atom is 0.229 e. The van der Waals surface area contributed by atoms with Crippen LogP contribution < -0.4 is 10.6 Å². The van der Waals surface area contributed by atoms with Gasteiger partial charge in [-0.15, -0.1) is 11.3 Å². The van der Waals surface area contributed by atoms with E-state index in [2.05, 4.69) is 38.6 Å². The normalized spacial score (nSPS) is 10.3. The van der Waals surface area contributed by atoms with E-state index in [9.17, 15) is 0 Å². The SMILES string of the molecule is CCCNc1nc(Cl)nc(NCc2cccs2)n1. The van der Waals surface area contributed by atoms with Crippen molar-refractivity contribution >= 4 is 34.8 Å². The van der Waals surface area contributed by atoms with Gasteiger partial charge in [0.1, 0.15) is 0 Å². The first-order valence-electron chi connectivity index (χ1n) is 5.69. The molecule has 0 saturated heterocycles. The minimum atomic E-state index is 0.192. The van der Waals surface area contributed by atoms with Gasteiger partial charge in [-0.1, -0.05) is 13.0 Å². The van der Waals surface area contributed by atoms with Gasteiger partial charge in [0.25, 0.3) is 0 Å². The monoisotopic (exact) mass is 283 g/mol. The van der Waals surface area contributed by atoms with E-state index in [4.69, 9.17) is 11.6 Å². The van der Waals surface area contributed by atoms with E-state index in [0.717, 1.165) is 13.0 Å². The molecule has 2 aromatic rings. The highest BCUT2D eigenvalue weighted by molar-refractivity contribution is 7.09. The Morgan fingerprint density at radius 2 is 2.00 bits per heavy atom. The number of aromatic nitrogens is 3. The third-order valence-corrected chi connectivity index (χ3v) is 3.19. The topological polar surface area (TPSA) is 62.7 Å². The van der Waals surface area contributed by atoms with Crippen LogP contribution in [0.2, 0.25) is 5.28 Å². The van der Waals surface area contributed by atoms with E-state index in [1.807, 2.05) is 11.4 Å². The smallest absolute Gasteiger partial charge is 0.229 e. The number of hydrogen-bond acceptors (Lipinski definition) is 6. The van der Waals surface area contributed by atoms with Crippen molar-refractivity contribution in [1.29, 1.82) is 0 Å². The highest BCUT2D eigenvalue weighted by atomic mass is 35.5. The van der Waals surface area contributed by atoms with Crippen LogP contribution in [-0.2, 0) is 6.54 Å². The molecule has 0 aliphatic rings. The van der Waals surface area contributed by atoms with E-state index in [1.54, 1.807) is 11.3 Å². The van der Waals surface area contributed by atoms with E-state index >= 15 is 0 Å². The van der Waals surface area contributed by atoms with Crippen molar-refractivity contribution in [3.63, 3.8) is 0 Å². The Balaban J connectivity index is 2.00. The van der Waals surface area contributed by atoms with Crippen LogP contribution in [0.15, 0.2) is 17.5 Å². The van der Waals surface area contributed by atoms with Crippen LogP contribution in [0.3, 0.4) is 0 Å². The van der Waals surface area contributed by atoms with Crippen LogP contribution in [0.25, 0.3) is 0 Å². The molecule has 0 radical (unpaired) electrons. The van der Waals surface area contributed by atoms with Crippen molar-refractivity contribution in [1.82, 2.24) is 15.0 Å². The molecule has 0 bridgehead atoms. The molecular weight excluding hydrogens is 270 g/mol. The lowest BCUT2D eigenvalue weighted by Gasteiger charge is -2.06. The van der Waals surface area contributed by atoms with Crippen LogP contribution >= 0.6 is 22.9 Å². The summed E-state index contributed by atoms with van der Waals surface area (Å²) < 4.78 is 0. The largest absolute Gasteiger partial charge is 0.354 e. The van der Waals surface area contributed by atoms with Crippen molar-refractivity contribution in [3.05, 3.63) is 27.7 Å². The second-order valence-electron chi connectivity index (χ2n) is 3.61. The zero-order valence-corrected chi connectivity index (χ0v) is 11.6. The van der Waals surface area contributed by atoms with Gasteiger partial charge in [-0.25, -0.2) is 0 Å². The number of nitrogens with zero attached hydrogens (tertiary/aromatic N) is 3. The molecule has 0 amide bonds. The van der Waals surface area contributed by atoms with E-state index < -0.39 is 0 Å². The summed E-state index contributed by atoms with van der Waals surface area (Å²) in [7, 11) is 0. The fourth-order valence-electron chi connectivity index (χ4n) is 1.32. The summed E-state index contributed by atoms with van der Waals surface area (Å²) in [5.41, 5.74) is 0. The van der Waals surface area contributed by atoms with E-state index in [-0.39, 0.29) is 5.28 Å². The molecule has 0 atom stereocenters. The number of halogens is 1. The predicted molar refractivity (Wildman–Crippen MR) is 75.3 cm³/mol. The molecule has 18 heavy (non-hydrogen) atoms. The number of rotatable bonds is 6. The molecule has 7 heteroatoms. The first kappa shape index (κ1) is 13.0. The van der Waals surface area contributed by atoms with Crippen molar-refractivity contribution in [2.24, 2.45) is 0 Å². The molecule has 0 fully saturated rings. The number of hydrogen-bond donors (Lipinski definition) is 2. The van der Waals surface area contributed by atoms with Gasteiger partial charge in [-0.05, 0) is 29.5 Å². The van der Waals surface area contributed by atoms with Gasteiger partial charge in [0, 0.05) is 11.4 Å². The van der Waals surface area contributed by atoms with Gasteiger partial charge < -0.3 is 10.6 Å². The van der Waals surface area contributed by atoms with Gasteiger partial charge in [0.2, 0.25) is 17.2 Å². The molecule has 2 N–H and O–H groups in total. The highest BCUT2D eigenvalue weighted by Crippen LogP contribution is 2.13. The van der Waals surface area contributed by atoms with Gasteiger partial charge in [0.05, 0.1) is 6.54 Å². The summed E-state index contributed by atoms with van der Waals surface area (Å²) in [4.78, 5) is 13.5. The Bertz CT molecular complexity index is 488. The van der Waals surface area contributed by atoms with Crippen LogP contribution in [0, 0.1) is 0 Å². The Morgan fingerprint density at radius 1 is 1.22 bits per heavy atom. The Labute approximate surface area is 115 Å². The average molecular weight is 284 g/mol. The number of nitrogens with one attached hydrogen (secondary N) is 2. The third-order valence-electron chi connectivity index (χ3n) is 2.14. The Kier molecular flexibility index (Phi) is 4.72. The summed E-state index contributed by atoms with van der Waals surface area (Å²) in [5, 5.41) is 8.44. The van der Waals surface area contributed by atoms with E-state index in [1.165, 1.54) is 4.88 Å². The first-order valence-corrected chi connectivity index (χ1v) is 6.95. The molecule has 2 rings (SSSR count). The quantitative estimate of drug-likeness (QED) is 0.853. The lowest BCUT2D eigenvalue weighted by atomic mass is 10.5. The molecule has 2 heterocycles. The zero-order chi connectivity index (χ0) is 12.8. The zero-order valence-electron chi connectivity index (χ0n) is 9.98. The molecule has 0 aliphatic heterocycles. The van der Waals surface area contributed by atoms with Crippen molar-refractivity contribution in [3.8, 4) is 0 Å². The second kappa shape index (κ2) is 6.51. The van der Waals surface area contributed by atoms with Crippen LogP contribution in [0.5, 0.6) is 0 Å². The lowest BCUT2D eigenvalue weighted by molar-refractivity contribution is 0.934. The third kappa shape index (κ3) is 3.82. The molecule has 0 saturated carbocycles. The summed E-state index contributed by atoms with van der Waals surface area (Å²) in [6.07, 6.45) is 1.00. The van der Waals surface area contributed by atoms with Crippen LogP contribution in [0.4, 0.5) is 11.9 Å². The molecule has 0 aliphatic carbocycles. The van der Waals surface area contributed by atoms with Crippen LogP contribution in [0.1, 0.15) is 18.2 Å². The Hall–Kier alpha value is -1.40. The maximum absolute atomic E-state index is 5.85. The van der Waals surface area contributed by atoms with Crippen LogP contribution in [-0.4, -0.2) is 21.5 Å². The Morgan fingerprint density at radius 3 is 2.67 bits per heavy atom.